The van der Waals surface area contributed by atoms with Crippen molar-refractivity contribution in [3.05, 3.63) is 0 Å². The smallest absolute Gasteiger partial charge is 0.436 e. The van der Waals surface area contributed by atoms with Crippen molar-refractivity contribution in [2.45, 2.75) is 12.3 Å². The highest BCUT2D eigenvalue weighted by molar-refractivity contribution is 5.58. The summed E-state index contributed by atoms with van der Waals surface area (Å²) in [5, 5.41) is 0.730. The first kappa shape index (κ1) is 14.9. The second-order valence-electron chi connectivity index (χ2n) is 2.58. The minimum Gasteiger partial charge on any atom is -0.436 e. The molecule has 0 amide bonds. The minimum absolute atomic E-state index is 0.730. The second kappa shape index (κ2) is 6.48. The van der Waals surface area contributed by atoms with E-state index in [-0.39, 0.29) is 0 Å². The maximum Gasteiger partial charge on any atom is 0.528 e. The van der Waals surface area contributed by atoms with Crippen LogP contribution in [0.15, 0.2) is 0 Å². The number of carbonyl (C=O) groups is 1. The predicted octanol–water partition coefficient (Wildman–Crippen LogP) is -0.267. The first-order valence-electron chi connectivity index (χ1n) is 4.05. The topological polar surface area (TPSA) is 74.9 Å². The monoisotopic (exact) mass is 246 g/mol. The van der Waals surface area contributed by atoms with Crippen molar-refractivity contribution < 1.29 is 27.5 Å². The molecule has 0 aromatic heterocycles. The van der Waals surface area contributed by atoms with E-state index in [1.807, 2.05) is 0 Å². The summed E-state index contributed by atoms with van der Waals surface area (Å²) in [6.07, 6.45) is -7.81. The van der Waals surface area contributed by atoms with Crippen LogP contribution in [0.1, 0.15) is 0 Å². The first-order chi connectivity index (χ1) is 7.32. The summed E-state index contributed by atoms with van der Waals surface area (Å²) >= 11 is 0. The van der Waals surface area contributed by atoms with Gasteiger partial charge in [-0.15, -0.1) is 0 Å². The van der Waals surface area contributed by atoms with Gasteiger partial charge in [0.1, 0.15) is 0 Å². The number of rotatable bonds is 5. The number of hydrogen-bond acceptors (Lipinski definition) is 7. The van der Waals surface area contributed by atoms with Crippen molar-refractivity contribution in [1.29, 1.82) is 0 Å². The van der Waals surface area contributed by atoms with Crippen LogP contribution in [0.5, 0.6) is 0 Å². The summed E-state index contributed by atoms with van der Waals surface area (Å²) in [7, 11) is 3.48. The lowest BCUT2D eigenvalue weighted by Crippen LogP contribution is -2.60. The van der Waals surface area contributed by atoms with Crippen molar-refractivity contribution in [3.63, 3.8) is 0 Å². The molecule has 0 radical (unpaired) electrons. The molecular weight excluding hydrogens is 233 g/mol. The van der Waals surface area contributed by atoms with Gasteiger partial charge in [-0.25, -0.2) is 9.80 Å². The number of nitrogens with one attached hydrogen (secondary N) is 3. The van der Waals surface area contributed by atoms with E-state index in [1.165, 1.54) is 7.05 Å². The van der Waals surface area contributed by atoms with Gasteiger partial charge in [0.15, 0.2) is 6.17 Å². The van der Waals surface area contributed by atoms with Crippen LogP contribution in [-0.4, -0.2) is 44.7 Å². The van der Waals surface area contributed by atoms with E-state index in [4.69, 9.17) is 0 Å². The average Bonchev–Trinajstić information content (AvgIpc) is 2.21. The first-order valence-corrected chi connectivity index (χ1v) is 4.05. The largest absolute Gasteiger partial charge is 0.528 e. The molecule has 0 aliphatic carbocycles. The second-order valence-corrected chi connectivity index (χ2v) is 2.58. The van der Waals surface area contributed by atoms with Gasteiger partial charge in [-0.2, -0.15) is 18.6 Å². The Morgan fingerprint density at radius 2 is 2.00 bits per heavy atom. The van der Waals surface area contributed by atoms with E-state index in [0.717, 1.165) is 19.2 Å². The number of methoxy groups -OCH3 is 1. The zero-order chi connectivity index (χ0) is 12.8. The Morgan fingerprint density at radius 3 is 2.38 bits per heavy atom. The van der Waals surface area contributed by atoms with Crippen molar-refractivity contribution in [1.82, 2.24) is 21.4 Å². The van der Waals surface area contributed by atoms with Crippen molar-refractivity contribution in [2.75, 3.05) is 21.2 Å². The van der Waals surface area contributed by atoms with Gasteiger partial charge in [-0.3, -0.25) is 5.43 Å². The van der Waals surface area contributed by atoms with Crippen LogP contribution in [0.4, 0.5) is 18.0 Å². The summed E-state index contributed by atoms with van der Waals surface area (Å²) in [4.78, 5) is 14.5. The van der Waals surface area contributed by atoms with Crippen LogP contribution in [-0.2, 0) is 9.57 Å². The van der Waals surface area contributed by atoms with E-state index in [2.05, 4.69) is 15.0 Å². The fraction of sp³-hybridized carbons (Fsp3) is 0.833. The number of hydrogen-bond donors (Lipinski definition) is 3. The highest BCUT2D eigenvalue weighted by atomic mass is 19.4. The molecule has 0 aromatic rings. The number of nitrogens with zero attached hydrogens (tertiary/aromatic N) is 1. The van der Waals surface area contributed by atoms with E-state index in [9.17, 15) is 18.0 Å². The van der Waals surface area contributed by atoms with Crippen LogP contribution in [0.25, 0.3) is 0 Å². The third kappa shape index (κ3) is 5.11. The van der Waals surface area contributed by atoms with Crippen molar-refractivity contribution >= 4 is 6.16 Å². The van der Waals surface area contributed by atoms with E-state index >= 15 is 0 Å². The summed E-state index contributed by atoms with van der Waals surface area (Å²) < 4.78 is 41.3. The molecule has 0 aromatic carbocycles. The summed E-state index contributed by atoms with van der Waals surface area (Å²) in [5.41, 5.74) is 5.64. The minimum atomic E-state index is -4.57. The highest BCUT2D eigenvalue weighted by Gasteiger charge is 2.42. The summed E-state index contributed by atoms with van der Waals surface area (Å²) in [6, 6.07) is 0. The lowest BCUT2D eigenvalue weighted by Gasteiger charge is -2.29. The molecule has 0 fully saturated rings. The molecule has 0 saturated heterocycles. The highest BCUT2D eigenvalue weighted by Crippen LogP contribution is 2.20. The quantitative estimate of drug-likeness (QED) is 0.350. The van der Waals surface area contributed by atoms with Gasteiger partial charge >= 0.3 is 12.3 Å². The van der Waals surface area contributed by atoms with Crippen LogP contribution in [0.3, 0.4) is 0 Å². The summed E-state index contributed by atoms with van der Waals surface area (Å²) in [5.74, 6) is 0. The number of alkyl halides is 3. The molecule has 0 aliphatic heterocycles. The molecule has 3 N–H and O–H groups in total. The van der Waals surface area contributed by atoms with Crippen LogP contribution in [0, 0.1) is 0 Å². The molecule has 0 rings (SSSR count). The Hall–Kier alpha value is -1.10. The molecule has 0 saturated carbocycles. The number of carbonyl (C=O) groups excluding carboxylic acids is 1. The standard InChI is InChI=1S/C6H13F3N4O3/c1-10-13(2)4(6(7,8)9)11-12-16-5(14)15-3/h4,10-12H,1-3H3. The van der Waals surface area contributed by atoms with Gasteiger partial charge in [0.05, 0.1) is 7.11 Å². The number of hydrazine groups is 2. The SMILES string of the molecule is CNN(C)C(NNOC(=O)OC)C(F)(F)F. The molecule has 10 heteroatoms. The van der Waals surface area contributed by atoms with Gasteiger partial charge in [-0.1, -0.05) is 5.59 Å². The Balaban J connectivity index is 4.19. The zero-order valence-corrected chi connectivity index (χ0v) is 8.88. The van der Waals surface area contributed by atoms with E-state index in [1.54, 1.807) is 11.0 Å². The van der Waals surface area contributed by atoms with Crippen molar-refractivity contribution in [3.8, 4) is 0 Å². The Kier molecular flexibility index (Phi) is 6.03. The van der Waals surface area contributed by atoms with Gasteiger partial charge in [0.25, 0.3) is 0 Å². The fourth-order valence-corrected chi connectivity index (χ4v) is 0.696. The molecule has 1 atom stereocenters. The zero-order valence-electron chi connectivity index (χ0n) is 8.88. The maximum atomic E-state index is 12.4. The van der Waals surface area contributed by atoms with Crippen molar-refractivity contribution in [2.24, 2.45) is 0 Å². The van der Waals surface area contributed by atoms with Gasteiger partial charge < -0.3 is 9.57 Å². The third-order valence-corrected chi connectivity index (χ3v) is 1.55. The lowest BCUT2D eigenvalue weighted by molar-refractivity contribution is -0.207. The Morgan fingerprint density at radius 1 is 1.44 bits per heavy atom. The third-order valence-electron chi connectivity index (χ3n) is 1.55. The lowest BCUT2D eigenvalue weighted by atomic mass is 10.5. The molecule has 96 valence electrons. The predicted molar refractivity (Wildman–Crippen MR) is 46.4 cm³/mol. The maximum absolute atomic E-state index is 12.4. The Labute approximate surface area is 89.8 Å². The number of halogens is 3. The molecule has 0 aliphatic rings. The molecule has 1 unspecified atom stereocenters. The van der Waals surface area contributed by atoms with Gasteiger partial charge in [-0.05, 0) is 7.05 Å². The molecule has 0 bridgehead atoms. The van der Waals surface area contributed by atoms with Gasteiger partial charge in [0, 0.05) is 7.05 Å². The molecule has 16 heavy (non-hydrogen) atoms. The Bertz CT molecular complexity index is 226. The average molecular weight is 246 g/mol. The van der Waals surface area contributed by atoms with Gasteiger partial charge in [0.2, 0.25) is 0 Å². The molecular formula is C6H13F3N4O3. The fourth-order valence-electron chi connectivity index (χ4n) is 0.696. The molecule has 0 heterocycles. The molecule has 7 nitrogen and oxygen atoms in total. The van der Waals surface area contributed by atoms with Crippen LogP contribution < -0.4 is 16.4 Å². The van der Waals surface area contributed by atoms with E-state index in [0.29, 0.717) is 0 Å². The number of ether oxygens (including phenoxy) is 1. The van der Waals surface area contributed by atoms with Crippen LogP contribution in [0.2, 0.25) is 0 Å². The summed E-state index contributed by atoms with van der Waals surface area (Å²) in [6.45, 7) is 0. The molecule has 0 spiro atoms. The van der Waals surface area contributed by atoms with Crippen LogP contribution >= 0.6 is 0 Å². The van der Waals surface area contributed by atoms with E-state index < -0.39 is 18.5 Å². The normalized spacial score (nSPS) is 13.7.